The minimum atomic E-state index is 0.611. The zero-order valence-electron chi connectivity index (χ0n) is 8.25. The molecule has 0 saturated carbocycles. The minimum Gasteiger partial charge on any atom is -0.235 e. The van der Waals surface area contributed by atoms with Gasteiger partial charge in [0.25, 0.3) is 0 Å². The van der Waals surface area contributed by atoms with E-state index >= 15 is 0 Å². The van der Waals surface area contributed by atoms with E-state index in [4.69, 9.17) is 0 Å². The predicted octanol–water partition coefficient (Wildman–Crippen LogP) is 1.70. The summed E-state index contributed by atoms with van der Waals surface area (Å²) in [6, 6.07) is 8.61. The van der Waals surface area contributed by atoms with Crippen LogP contribution in [0.1, 0.15) is 17.5 Å². The van der Waals surface area contributed by atoms with Crippen LogP contribution in [0.3, 0.4) is 0 Å². The summed E-state index contributed by atoms with van der Waals surface area (Å²) in [6.07, 6.45) is 3.00. The second-order valence-electron chi connectivity index (χ2n) is 3.72. The number of benzene rings is 1. The fourth-order valence-electron chi connectivity index (χ4n) is 1.64. The van der Waals surface area contributed by atoms with E-state index in [0.717, 1.165) is 0 Å². The Kier molecular flexibility index (Phi) is 2.34. The number of nitrogens with one attached hydrogen (secondary N) is 1. The molecule has 0 amide bonds. The Morgan fingerprint density at radius 3 is 2.69 bits per heavy atom. The van der Waals surface area contributed by atoms with Gasteiger partial charge in [-0.2, -0.15) is 0 Å². The first-order valence-corrected chi connectivity index (χ1v) is 4.81. The lowest BCUT2D eigenvalue weighted by molar-refractivity contribution is 0.569. The lowest BCUT2D eigenvalue weighted by Gasteiger charge is -2.03. The summed E-state index contributed by atoms with van der Waals surface area (Å²) in [5, 5.41) is 2.15. The normalized spacial score (nSPS) is 26.0. The Labute approximate surface area is 79.5 Å². The topological polar surface area (TPSA) is 25.0 Å². The van der Waals surface area contributed by atoms with Crippen molar-refractivity contribution in [1.29, 1.82) is 0 Å². The molecule has 2 heteroatoms. The van der Waals surface area contributed by atoms with Crippen molar-refractivity contribution in [2.75, 3.05) is 7.05 Å². The van der Waals surface area contributed by atoms with Crippen LogP contribution in [-0.2, 0) is 6.42 Å². The molecule has 0 radical (unpaired) electrons. The van der Waals surface area contributed by atoms with E-state index in [2.05, 4.69) is 48.7 Å². The zero-order chi connectivity index (χ0) is 9.26. The SMILES string of the molecule is Cc1ccccc1CCC1NN1C. The number of hydrazine groups is 1. The van der Waals surface area contributed by atoms with Gasteiger partial charge in [-0.15, -0.1) is 0 Å². The number of rotatable bonds is 3. The maximum Gasteiger partial charge on any atom is 0.0863 e. The van der Waals surface area contributed by atoms with E-state index in [0.29, 0.717) is 6.17 Å². The Bertz CT molecular complexity index is 296. The molecule has 2 nitrogen and oxygen atoms in total. The predicted molar refractivity (Wildman–Crippen MR) is 54.2 cm³/mol. The van der Waals surface area contributed by atoms with Crippen molar-refractivity contribution >= 4 is 0 Å². The maximum absolute atomic E-state index is 3.25. The molecule has 1 aromatic carbocycles. The van der Waals surface area contributed by atoms with Crippen LogP contribution in [0.25, 0.3) is 0 Å². The van der Waals surface area contributed by atoms with E-state index in [1.54, 1.807) is 0 Å². The molecular weight excluding hydrogens is 160 g/mol. The van der Waals surface area contributed by atoms with Crippen molar-refractivity contribution in [3.8, 4) is 0 Å². The van der Waals surface area contributed by atoms with Crippen molar-refractivity contribution in [2.24, 2.45) is 0 Å². The Morgan fingerprint density at radius 1 is 1.38 bits per heavy atom. The molecule has 0 aromatic heterocycles. The standard InChI is InChI=1S/C11H16N2/c1-9-5-3-4-6-10(9)7-8-11-12-13(11)2/h3-6,11-12H,7-8H2,1-2H3. The first-order valence-electron chi connectivity index (χ1n) is 4.81. The van der Waals surface area contributed by atoms with Gasteiger partial charge in [0, 0.05) is 7.05 Å². The highest BCUT2D eigenvalue weighted by molar-refractivity contribution is 5.25. The molecular formula is C11H16N2. The summed E-state index contributed by atoms with van der Waals surface area (Å²) in [4.78, 5) is 0. The average Bonchev–Trinajstić information content (AvgIpc) is 2.81. The third-order valence-electron chi connectivity index (χ3n) is 2.70. The van der Waals surface area contributed by atoms with Crippen LogP contribution >= 0.6 is 0 Å². The monoisotopic (exact) mass is 176 g/mol. The summed E-state index contributed by atoms with van der Waals surface area (Å²) >= 11 is 0. The molecule has 2 rings (SSSR count). The van der Waals surface area contributed by atoms with Gasteiger partial charge in [0.05, 0.1) is 6.17 Å². The molecule has 1 saturated heterocycles. The van der Waals surface area contributed by atoms with Crippen molar-refractivity contribution in [3.05, 3.63) is 35.4 Å². The highest BCUT2D eigenvalue weighted by Crippen LogP contribution is 2.15. The highest BCUT2D eigenvalue weighted by atomic mass is 15.7. The number of nitrogens with zero attached hydrogens (tertiary/aromatic N) is 1. The van der Waals surface area contributed by atoms with E-state index < -0.39 is 0 Å². The first-order chi connectivity index (χ1) is 6.27. The molecule has 0 spiro atoms. The highest BCUT2D eigenvalue weighted by Gasteiger charge is 2.27. The second kappa shape index (κ2) is 3.48. The molecule has 0 aliphatic carbocycles. The lowest BCUT2D eigenvalue weighted by Crippen LogP contribution is -1.98. The van der Waals surface area contributed by atoms with Gasteiger partial charge >= 0.3 is 0 Å². The molecule has 1 aliphatic rings. The van der Waals surface area contributed by atoms with Crippen LogP contribution in [0.2, 0.25) is 0 Å². The van der Waals surface area contributed by atoms with Crippen molar-refractivity contribution < 1.29 is 0 Å². The van der Waals surface area contributed by atoms with Gasteiger partial charge in [-0.05, 0) is 30.9 Å². The van der Waals surface area contributed by atoms with Crippen molar-refractivity contribution in [1.82, 2.24) is 10.4 Å². The Hall–Kier alpha value is -0.860. The quantitative estimate of drug-likeness (QED) is 0.709. The number of aryl methyl sites for hydroxylation is 2. The molecule has 0 bridgehead atoms. The van der Waals surface area contributed by atoms with Crippen LogP contribution < -0.4 is 5.43 Å². The van der Waals surface area contributed by atoms with Crippen LogP contribution in [0.15, 0.2) is 24.3 Å². The fraction of sp³-hybridized carbons (Fsp3) is 0.455. The lowest BCUT2D eigenvalue weighted by atomic mass is 10.0. The minimum absolute atomic E-state index is 0.611. The van der Waals surface area contributed by atoms with Crippen LogP contribution in [-0.4, -0.2) is 18.2 Å². The first kappa shape index (κ1) is 8.73. The third-order valence-corrected chi connectivity index (χ3v) is 2.70. The largest absolute Gasteiger partial charge is 0.235 e. The summed E-state index contributed by atoms with van der Waals surface area (Å²) < 4.78 is 0. The molecule has 1 fully saturated rings. The Morgan fingerprint density at radius 2 is 2.08 bits per heavy atom. The average molecular weight is 176 g/mol. The maximum atomic E-state index is 3.25. The van der Waals surface area contributed by atoms with Crippen LogP contribution in [0.5, 0.6) is 0 Å². The smallest absolute Gasteiger partial charge is 0.0863 e. The Balaban J connectivity index is 1.90. The van der Waals surface area contributed by atoms with Gasteiger partial charge in [-0.3, -0.25) is 0 Å². The van der Waals surface area contributed by atoms with Gasteiger partial charge < -0.3 is 0 Å². The van der Waals surface area contributed by atoms with Gasteiger partial charge in [0.1, 0.15) is 0 Å². The van der Waals surface area contributed by atoms with E-state index in [-0.39, 0.29) is 0 Å². The summed E-state index contributed by atoms with van der Waals surface area (Å²) in [5.74, 6) is 0. The zero-order valence-corrected chi connectivity index (χ0v) is 8.25. The van der Waals surface area contributed by atoms with Crippen LogP contribution in [0.4, 0.5) is 0 Å². The molecule has 13 heavy (non-hydrogen) atoms. The van der Waals surface area contributed by atoms with E-state index in [1.165, 1.54) is 24.0 Å². The van der Waals surface area contributed by atoms with Crippen molar-refractivity contribution in [2.45, 2.75) is 25.9 Å². The van der Waals surface area contributed by atoms with Crippen LogP contribution in [0, 0.1) is 6.92 Å². The number of hydrogen-bond donors (Lipinski definition) is 1. The summed E-state index contributed by atoms with van der Waals surface area (Å²) in [6.45, 7) is 2.18. The summed E-state index contributed by atoms with van der Waals surface area (Å²) in [5.41, 5.74) is 6.14. The third kappa shape index (κ3) is 2.08. The second-order valence-corrected chi connectivity index (χ2v) is 3.72. The fourth-order valence-corrected chi connectivity index (χ4v) is 1.64. The molecule has 1 N–H and O–H groups in total. The summed E-state index contributed by atoms with van der Waals surface area (Å²) in [7, 11) is 2.09. The molecule has 70 valence electrons. The van der Waals surface area contributed by atoms with E-state index in [1.807, 2.05) is 0 Å². The molecule has 1 aliphatic heterocycles. The van der Waals surface area contributed by atoms with Gasteiger partial charge in [-0.1, -0.05) is 24.3 Å². The molecule has 2 atom stereocenters. The number of hydrogen-bond acceptors (Lipinski definition) is 2. The van der Waals surface area contributed by atoms with Crippen molar-refractivity contribution in [3.63, 3.8) is 0 Å². The molecule has 2 unspecified atom stereocenters. The van der Waals surface area contributed by atoms with Gasteiger partial charge in [0.15, 0.2) is 0 Å². The van der Waals surface area contributed by atoms with E-state index in [9.17, 15) is 0 Å². The van der Waals surface area contributed by atoms with Gasteiger partial charge in [0.2, 0.25) is 0 Å². The molecule has 1 heterocycles. The van der Waals surface area contributed by atoms with Gasteiger partial charge in [-0.25, -0.2) is 10.4 Å². The molecule has 1 aromatic rings.